The molecule has 0 amide bonds. The zero-order valence-corrected chi connectivity index (χ0v) is 7.33. The minimum atomic E-state index is 1.12. The van der Waals surface area contributed by atoms with Gasteiger partial charge in [-0.05, 0) is 32.8 Å². The van der Waals surface area contributed by atoms with Crippen molar-refractivity contribution in [2.24, 2.45) is 0 Å². The van der Waals surface area contributed by atoms with Gasteiger partial charge in [-0.15, -0.1) is 0 Å². The molecule has 0 aliphatic rings. The molecule has 0 saturated carbocycles. The van der Waals surface area contributed by atoms with Crippen molar-refractivity contribution in [2.45, 2.75) is 33.6 Å². The average molecular weight is 137 g/mol. The molecule has 1 radical (unpaired) electrons. The van der Waals surface area contributed by atoms with Crippen LogP contribution in [-0.4, -0.2) is 0 Å². The summed E-state index contributed by atoms with van der Waals surface area (Å²) in [6.45, 7) is 14.1. The molecule has 0 fully saturated rings. The van der Waals surface area contributed by atoms with Crippen LogP contribution in [0, 0.1) is 6.92 Å². The van der Waals surface area contributed by atoms with E-state index in [4.69, 9.17) is 0 Å². The largest absolute Gasteiger partial charge is 0.0958 e. The van der Waals surface area contributed by atoms with Crippen LogP contribution < -0.4 is 0 Å². The highest BCUT2D eigenvalue weighted by Gasteiger charge is 1.97. The lowest BCUT2D eigenvalue weighted by molar-refractivity contribution is 0.903. The van der Waals surface area contributed by atoms with Crippen molar-refractivity contribution in [3.05, 3.63) is 30.2 Å². The summed E-state index contributed by atoms with van der Waals surface area (Å²) in [6, 6.07) is 0. The quantitative estimate of drug-likeness (QED) is 0.522. The second-order valence-corrected chi connectivity index (χ2v) is 2.79. The van der Waals surface area contributed by atoms with E-state index in [9.17, 15) is 0 Å². The fourth-order valence-electron chi connectivity index (χ4n) is 1.04. The van der Waals surface area contributed by atoms with Gasteiger partial charge in [-0.2, -0.15) is 0 Å². The van der Waals surface area contributed by atoms with E-state index in [2.05, 4.69) is 20.4 Å². The van der Waals surface area contributed by atoms with Crippen LogP contribution in [0.2, 0.25) is 0 Å². The van der Waals surface area contributed by atoms with Gasteiger partial charge >= 0.3 is 0 Å². The predicted octanol–water partition coefficient (Wildman–Crippen LogP) is 3.51. The topological polar surface area (TPSA) is 0 Å². The van der Waals surface area contributed by atoms with Gasteiger partial charge in [0, 0.05) is 0 Å². The molecule has 0 heteroatoms. The number of hydrogen-bond donors (Lipinski definition) is 0. The predicted molar refractivity (Wildman–Crippen MR) is 47.8 cm³/mol. The van der Waals surface area contributed by atoms with Gasteiger partial charge in [0.25, 0.3) is 0 Å². The highest BCUT2D eigenvalue weighted by Crippen LogP contribution is 2.17. The SMILES string of the molecule is [CH2]/C(C)=C(/CCC)C(=C)C. The van der Waals surface area contributed by atoms with Crippen molar-refractivity contribution < 1.29 is 0 Å². The Balaban J connectivity index is 4.28. The normalized spacial score (nSPS) is 12.8. The first kappa shape index (κ1) is 9.48. The van der Waals surface area contributed by atoms with Crippen LogP contribution in [0.3, 0.4) is 0 Å². The summed E-state index contributed by atoms with van der Waals surface area (Å²) in [5.74, 6) is 0. The third-order valence-electron chi connectivity index (χ3n) is 1.53. The Morgan fingerprint density at radius 3 is 1.90 bits per heavy atom. The lowest BCUT2D eigenvalue weighted by atomic mass is 10.00. The van der Waals surface area contributed by atoms with E-state index in [0.717, 1.165) is 17.6 Å². The first-order chi connectivity index (χ1) is 4.59. The second kappa shape index (κ2) is 4.32. The molecule has 57 valence electrons. The van der Waals surface area contributed by atoms with E-state index in [0.29, 0.717) is 0 Å². The zero-order chi connectivity index (χ0) is 8.15. The summed E-state index contributed by atoms with van der Waals surface area (Å²) in [5, 5.41) is 0. The Morgan fingerprint density at radius 1 is 1.30 bits per heavy atom. The summed E-state index contributed by atoms with van der Waals surface area (Å²) < 4.78 is 0. The maximum atomic E-state index is 3.90. The minimum Gasteiger partial charge on any atom is -0.0958 e. The van der Waals surface area contributed by atoms with Crippen molar-refractivity contribution in [3.8, 4) is 0 Å². The van der Waals surface area contributed by atoms with Crippen LogP contribution in [0.1, 0.15) is 33.6 Å². The van der Waals surface area contributed by atoms with Gasteiger partial charge in [-0.1, -0.05) is 31.1 Å². The van der Waals surface area contributed by atoms with Crippen molar-refractivity contribution in [3.63, 3.8) is 0 Å². The third-order valence-corrected chi connectivity index (χ3v) is 1.53. The van der Waals surface area contributed by atoms with Gasteiger partial charge in [0.15, 0.2) is 0 Å². The summed E-state index contributed by atoms with van der Waals surface area (Å²) in [7, 11) is 0. The van der Waals surface area contributed by atoms with E-state index < -0.39 is 0 Å². The number of rotatable bonds is 3. The van der Waals surface area contributed by atoms with E-state index in [1.54, 1.807) is 0 Å². The Bertz CT molecular complexity index is 145. The summed E-state index contributed by atoms with van der Waals surface area (Å²) in [4.78, 5) is 0. The maximum absolute atomic E-state index is 3.90. The Labute approximate surface area is 64.6 Å². The molecular weight excluding hydrogens is 120 g/mol. The highest BCUT2D eigenvalue weighted by atomic mass is 14.0. The van der Waals surface area contributed by atoms with Crippen LogP contribution >= 0.6 is 0 Å². The average Bonchev–Trinajstić information content (AvgIpc) is 1.81. The lowest BCUT2D eigenvalue weighted by Crippen LogP contribution is -1.86. The monoisotopic (exact) mass is 137 g/mol. The molecule has 0 aromatic carbocycles. The minimum absolute atomic E-state index is 1.12. The van der Waals surface area contributed by atoms with Crippen LogP contribution in [0.4, 0.5) is 0 Å². The van der Waals surface area contributed by atoms with Gasteiger partial charge in [0.1, 0.15) is 0 Å². The van der Waals surface area contributed by atoms with Gasteiger partial charge in [-0.3, -0.25) is 0 Å². The molecule has 0 saturated heterocycles. The molecule has 0 heterocycles. The van der Waals surface area contributed by atoms with Gasteiger partial charge < -0.3 is 0 Å². The Hall–Kier alpha value is -0.520. The lowest BCUT2D eigenvalue weighted by Gasteiger charge is -2.06. The van der Waals surface area contributed by atoms with Crippen LogP contribution in [0.25, 0.3) is 0 Å². The van der Waals surface area contributed by atoms with Crippen LogP contribution in [0.5, 0.6) is 0 Å². The van der Waals surface area contributed by atoms with Gasteiger partial charge in [0.2, 0.25) is 0 Å². The van der Waals surface area contributed by atoms with E-state index in [-0.39, 0.29) is 0 Å². The van der Waals surface area contributed by atoms with Crippen LogP contribution in [-0.2, 0) is 0 Å². The first-order valence-electron chi connectivity index (χ1n) is 3.77. The van der Waals surface area contributed by atoms with Gasteiger partial charge in [-0.25, -0.2) is 0 Å². The highest BCUT2D eigenvalue weighted by molar-refractivity contribution is 5.31. The first-order valence-corrected chi connectivity index (χ1v) is 3.77. The molecule has 0 N–H and O–H groups in total. The maximum Gasteiger partial charge on any atom is -0.0280 e. The molecule has 0 atom stereocenters. The smallest absolute Gasteiger partial charge is 0.0280 e. The molecule has 0 nitrogen and oxygen atoms in total. The molecule has 0 aromatic heterocycles. The molecule has 0 aliphatic carbocycles. The fraction of sp³-hybridized carbons (Fsp3) is 0.500. The van der Waals surface area contributed by atoms with Crippen molar-refractivity contribution in [1.29, 1.82) is 0 Å². The molecule has 10 heavy (non-hydrogen) atoms. The van der Waals surface area contributed by atoms with E-state index in [1.807, 2.05) is 13.8 Å². The molecule has 0 aliphatic heterocycles. The Morgan fingerprint density at radius 2 is 1.80 bits per heavy atom. The fourth-order valence-corrected chi connectivity index (χ4v) is 1.04. The molecule has 0 bridgehead atoms. The molecular formula is C10H17. The summed E-state index contributed by atoms with van der Waals surface area (Å²) >= 11 is 0. The molecule has 0 spiro atoms. The van der Waals surface area contributed by atoms with E-state index >= 15 is 0 Å². The molecule has 0 rings (SSSR count). The molecule has 0 unspecified atom stereocenters. The standard InChI is InChI=1S/C10H17/c1-6-7-10(8(2)3)9(4)5/h2,4,6-7H2,1,3,5H3/b10-8+. The summed E-state index contributed by atoms with van der Waals surface area (Å²) in [5.41, 5.74) is 3.66. The van der Waals surface area contributed by atoms with Gasteiger partial charge in [0.05, 0.1) is 0 Å². The van der Waals surface area contributed by atoms with Crippen molar-refractivity contribution in [2.75, 3.05) is 0 Å². The third kappa shape index (κ3) is 2.86. The number of allylic oxidation sites excluding steroid dienone is 3. The Kier molecular flexibility index (Phi) is 4.10. The molecule has 0 aromatic rings. The zero-order valence-electron chi connectivity index (χ0n) is 7.33. The second-order valence-electron chi connectivity index (χ2n) is 2.79. The summed E-state index contributed by atoms with van der Waals surface area (Å²) in [6.07, 6.45) is 2.29. The van der Waals surface area contributed by atoms with Crippen molar-refractivity contribution >= 4 is 0 Å². The number of hydrogen-bond acceptors (Lipinski definition) is 0. The van der Waals surface area contributed by atoms with Crippen molar-refractivity contribution in [1.82, 2.24) is 0 Å². The van der Waals surface area contributed by atoms with E-state index in [1.165, 1.54) is 12.0 Å². The van der Waals surface area contributed by atoms with Crippen LogP contribution in [0.15, 0.2) is 23.3 Å².